The van der Waals surface area contributed by atoms with Crippen LogP contribution in [-0.4, -0.2) is 96.7 Å². The molecule has 3 rings (SSSR count). The molecule has 0 amide bonds. The standard InChI is InChI=1S/C15H22N2O18P2/c18-5-1-2-17(15(26)16-5)12-9(22)6(19)4(32-12)3-31-36(27,28)35-37(29,30)34-14-10(23)7(20)8(21)11(33-14)13(24)25/h1-2,4,6-12,14,19-23H,3H2,(H,24,25)(H,27,28)(H,29,30)(H,16,18,26)/p-3/t4-,6-,7+,8+,9-,10-,11-,12-,14-/m1/s1. The summed E-state index contributed by atoms with van der Waals surface area (Å²) in [6.07, 6.45) is -18.0. The Kier molecular flexibility index (Phi) is 8.89. The summed E-state index contributed by atoms with van der Waals surface area (Å²) in [5, 5.41) is 60.0. The van der Waals surface area contributed by atoms with Crippen LogP contribution in [0.25, 0.3) is 0 Å². The summed E-state index contributed by atoms with van der Waals surface area (Å²) in [7, 11) is -11.9. The van der Waals surface area contributed by atoms with Crippen molar-refractivity contribution in [1.82, 2.24) is 9.55 Å². The number of carbonyl (C=O) groups excluding carboxylic acids is 1. The molecule has 2 saturated heterocycles. The number of aliphatic hydroxyl groups is 5. The van der Waals surface area contributed by atoms with Gasteiger partial charge in [-0.2, -0.15) is 0 Å². The van der Waals surface area contributed by atoms with Crippen molar-refractivity contribution in [3.63, 3.8) is 0 Å². The van der Waals surface area contributed by atoms with E-state index in [4.69, 9.17) is 4.74 Å². The SMILES string of the molecule is O=C([O-])[C@@H]1O[C@H](OP(=O)([O-])OP(=O)([O-])OC[C@H]2O[C@@H](n3ccc(=O)[nH]c3=O)[C@H](O)[C@@H]2O)[C@H](O)[C@@H](O)[C@@H]1O. The van der Waals surface area contributed by atoms with Gasteiger partial charge in [-0.15, -0.1) is 0 Å². The minimum Gasteiger partial charge on any atom is -0.756 e. The summed E-state index contributed by atoms with van der Waals surface area (Å²) in [5.74, 6) is -2.13. The summed E-state index contributed by atoms with van der Waals surface area (Å²) < 4.78 is 46.5. The molecule has 6 N–H and O–H groups in total. The summed E-state index contributed by atoms with van der Waals surface area (Å²) in [6, 6.07) is 0.890. The van der Waals surface area contributed by atoms with Crippen molar-refractivity contribution in [1.29, 1.82) is 0 Å². The lowest BCUT2D eigenvalue weighted by atomic mass is 9.99. The number of carbonyl (C=O) groups is 1. The highest BCUT2D eigenvalue weighted by molar-refractivity contribution is 7.59. The summed E-state index contributed by atoms with van der Waals surface area (Å²) in [4.78, 5) is 59.8. The molecule has 3 heterocycles. The number of nitrogens with one attached hydrogen (secondary N) is 1. The predicted molar refractivity (Wildman–Crippen MR) is 102 cm³/mol. The van der Waals surface area contributed by atoms with Crippen molar-refractivity contribution in [2.24, 2.45) is 0 Å². The number of ether oxygens (including phenoxy) is 2. The molecule has 0 aliphatic carbocycles. The van der Waals surface area contributed by atoms with Crippen molar-refractivity contribution in [3.8, 4) is 0 Å². The smallest absolute Gasteiger partial charge is 0.330 e. The number of phosphoric ester groups is 2. The van der Waals surface area contributed by atoms with Crippen molar-refractivity contribution in [2.75, 3.05) is 6.61 Å². The first-order valence-corrected chi connectivity index (χ1v) is 12.8. The monoisotopic (exact) mass is 577 g/mol. The van der Waals surface area contributed by atoms with Crippen molar-refractivity contribution in [2.45, 2.75) is 55.2 Å². The summed E-state index contributed by atoms with van der Waals surface area (Å²) in [5.41, 5.74) is -1.83. The van der Waals surface area contributed by atoms with Crippen LogP contribution in [0.3, 0.4) is 0 Å². The maximum absolute atomic E-state index is 12.0. The highest BCUT2D eigenvalue weighted by Gasteiger charge is 2.47. The fraction of sp³-hybridized carbons (Fsp3) is 0.667. The zero-order chi connectivity index (χ0) is 27.9. The number of aromatic amines is 1. The van der Waals surface area contributed by atoms with E-state index in [1.807, 2.05) is 4.98 Å². The van der Waals surface area contributed by atoms with Gasteiger partial charge in [-0.3, -0.25) is 28.0 Å². The van der Waals surface area contributed by atoms with Crippen LogP contribution in [0.2, 0.25) is 0 Å². The largest absolute Gasteiger partial charge is 0.756 e. The molecule has 37 heavy (non-hydrogen) atoms. The minimum absolute atomic E-state index is 0.670. The molecule has 20 nitrogen and oxygen atoms in total. The zero-order valence-electron chi connectivity index (χ0n) is 17.9. The van der Waals surface area contributed by atoms with Gasteiger partial charge in [0, 0.05) is 12.3 Å². The Labute approximate surface area is 204 Å². The number of aliphatic hydroxyl groups excluding tert-OH is 5. The van der Waals surface area contributed by atoms with Crippen LogP contribution in [0.15, 0.2) is 21.9 Å². The van der Waals surface area contributed by atoms with Gasteiger partial charge in [0.2, 0.25) is 0 Å². The molecule has 1 aromatic rings. The van der Waals surface area contributed by atoms with Crippen LogP contribution in [-0.2, 0) is 36.8 Å². The molecular weight excluding hydrogens is 558 g/mol. The van der Waals surface area contributed by atoms with Gasteiger partial charge in [-0.05, 0) is 0 Å². The first-order valence-electron chi connectivity index (χ1n) is 9.93. The third kappa shape index (κ3) is 6.77. The topological polar surface area (TPSA) is 323 Å². The zero-order valence-corrected chi connectivity index (χ0v) is 19.7. The minimum atomic E-state index is -6.06. The van der Waals surface area contributed by atoms with Crippen LogP contribution in [0.1, 0.15) is 6.23 Å². The van der Waals surface area contributed by atoms with E-state index in [-0.39, 0.29) is 0 Å². The normalized spacial score (nSPS) is 37.5. The van der Waals surface area contributed by atoms with Gasteiger partial charge in [0.1, 0.15) is 42.7 Å². The Morgan fingerprint density at radius 2 is 1.65 bits per heavy atom. The first-order chi connectivity index (χ1) is 17.0. The van der Waals surface area contributed by atoms with E-state index in [9.17, 15) is 63.9 Å². The third-order valence-corrected chi connectivity index (χ3v) is 7.63. The van der Waals surface area contributed by atoms with Crippen LogP contribution in [0, 0.1) is 0 Å². The maximum Gasteiger partial charge on any atom is 0.330 e. The molecule has 0 bridgehead atoms. The maximum atomic E-state index is 12.0. The fourth-order valence-corrected chi connectivity index (χ4v) is 5.39. The number of H-pyrrole nitrogens is 1. The van der Waals surface area contributed by atoms with Crippen molar-refractivity contribution < 1.29 is 77.2 Å². The number of nitrogens with zero attached hydrogens (tertiary/aromatic N) is 1. The Balaban J connectivity index is 1.63. The molecule has 0 radical (unpaired) electrons. The van der Waals surface area contributed by atoms with Gasteiger partial charge in [-0.1, -0.05) is 0 Å². The molecular formula is C15H19N2O18P2-3. The fourth-order valence-electron chi connectivity index (χ4n) is 3.31. The second kappa shape index (κ2) is 11.1. The molecule has 0 spiro atoms. The lowest BCUT2D eigenvalue weighted by molar-refractivity contribution is -0.348. The highest BCUT2D eigenvalue weighted by atomic mass is 31.3. The van der Waals surface area contributed by atoms with Crippen molar-refractivity contribution in [3.05, 3.63) is 33.1 Å². The second-order valence-electron chi connectivity index (χ2n) is 7.66. The Morgan fingerprint density at radius 3 is 2.24 bits per heavy atom. The van der Waals surface area contributed by atoms with E-state index in [0.717, 1.165) is 12.3 Å². The van der Waals surface area contributed by atoms with Crippen molar-refractivity contribution >= 4 is 21.6 Å². The Hall–Kier alpha value is -1.87. The van der Waals surface area contributed by atoms with E-state index in [0.29, 0.717) is 4.57 Å². The number of aliphatic carboxylic acids is 1. The molecule has 210 valence electrons. The number of hydrogen-bond donors (Lipinski definition) is 6. The number of phosphoric acid groups is 2. The van der Waals surface area contributed by atoms with Crippen LogP contribution < -0.4 is 26.1 Å². The molecule has 2 unspecified atom stereocenters. The summed E-state index contributed by atoms with van der Waals surface area (Å²) >= 11 is 0. The first kappa shape index (κ1) is 29.7. The molecule has 1 aromatic heterocycles. The number of carboxylic acid groups (broad SMARTS) is 1. The lowest BCUT2D eigenvalue weighted by Crippen LogP contribution is -2.62. The molecule has 2 aliphatic rings. The second-order valence-corrected chi connectivity index (χ2v) is 10.6. The molecule has 0 aromatic carbocycles. The van der Waals surface area contributed by atoms with Gasteiger partial charge >= 0.3 is 5.69 Å². The Morgan fingerprint density at radius 1 is 1.00 bits per heavy atom. The molecule has 22 heteroatoms. The molecule has 0 saturated carbocycles. The lowest BCUT2D eigenvalue weighted by Gasteiger charge is -2.42. The van der Waals surface area contributed by atoms with E-state index in [2.05, 4.69) is 18.1 Å². The van der Waals surface area contributed by atoms with Gasteiger partial charge in [0.15, 0.2) is 12.5 Å². The highest BCUT2D eigenvalue weighted by Crippen LogP contribution is 2.57. The third-order valence-electron chi connectivity index (χ3n) is 5.09. The molecule has 2 fully saturated rings. The van der Waals surface area contributed by atoms with Gasteiger partial charge in [0.05, 0.1) is 12.6 Å². The number of aromatic nitrogens is 2. The molecule has 11 atom stereocenters. The average molecular weight is 577 g/mol. The number of rotatable bonds is 9. The molecule has 2 aliphatic heterocycles. The van der Waals surface area contributed by atoms with E-state index in [1.165, 1.54) is 0 Å². The average Bonchev–Trinajstić information content (AvgIpc) is 3.05. The van der Waals surface area contributed by atoms with E-state index < -0.39 is 94.7 Å². The van der Waals surface area contributed by atoms with Crippen LogP contribution in [0.4, 0.5) is 0 Å². The van der Waals surface area contributed by atoms with Crippen LogP contribution in [0.5, 0.6) is 0 Å². The Bertz CT molecular complexity index is 1200. The number of carboxylic acids is 1. The quantitative estimate of drug-likeness (QED) is 0.148. The van der Waals surface area contributed by atoms with Gasteiger partial charge in [0.25, 0.3) is 21.2 Å². The number of hydrogen-bond acceptors (Lipinski definition) is 18. The van der Waals surface area contributed by atoms with E-state index in [1.54, 1.807) is 0 Å². The summed E-state index contributed by atoms with van der Waals surface area (Å²) in [6.45, 7) is -1.17. The van der Waals surface area contributed by atoms with Crippen LogP contribution >= 0.6 is 15.6 Å². The van der Waals surface area contributed by atoms with Gasteiger partial charge < -0.3 is 59.2 Å². The van der Waals surface area contributed by atoms with E-state index >= 15 is 0 Å². The van der Waals surface area contributed by atoms with Gasteiger partial charge in [-0.25, -0.2) is 9.11 Å². The predicted octanol–water partition coefficient (Wildman–Crippen LogP) is -7.30.